The highest BCUT2D eigenvalue weighted by Gasteiger charge is 2.51. The van der Waals surface area contributed by atoms with Crippen LogP contribution >= 0.6 is 0 Å². The van der Waals surface area contributed by atoms with Crippen LogP contribution < -0.4 is 5.32 Å². The molecule has 0 saturated heterocycles. The first-order chi connectivity index (χ1) is 13.5. The number of esters is 1. The number of allylic oxidation sites excluding steroid dienone is 2. The van der Waals surface area contributed by atoms with Crippen LogP contribution in [0.4, 0.5) is 5.69 Å². The molecule has 1 saturated carbocycles. The molecule has 0 aromatic heterocycles. The van der Waals surface area contributed by atoms with Crippen molar-refractivity contribution < 1.29 is 24.2 Å². The average molecular weight is 385 g/mol. The zero-order valence-electron chi connectivity index (χ0n) is 16.1. The van der Waals surface area contributed by atoms with E-state index in [9.17, 15) is 19.5 Å². The van der Waals surface area contributed by atoms with E-state index in [1.54, 1.807) is 24.3 Å². The number of hydrogen-bond acceptors (Lipinski definition) is 4. The minimum atomic E-state index is -0.922. The highest BCUT2D eigenvalue weighted by molar-refractivity contribution is 5.97. The summed E-state index contributed by atoms with van der Waals surface area (Å²) in [7, 11) is 0. The summed E-state index contributed by atoms with van der Waals surface area (Å²) in [5.74, 6) is -2.89. The molecule has 2 aliphatic rings. The summed E-state index contributed by atoms with van der Waals surface area (Å²) in [4.78, 5) is 36.3. The Kier molecular flexibility index (Phi) is 6.49. The fourth-order valence-corrected chi connectivity index (χ4v) is 4.21. The van der Waals surface area contributed by atoms with Gasteiger partial charge in [0, 0.05) is 5.69 Å². The molecule has 1 aromatic rings. The van der Waals surface area contributed by atoms with E-state index < -0.39 is 17.8 Å². The van der Waals surface area contributed by atoms with Gasteiger partial charge in [-0.15, -0.1) is 0 Å². The van der Waals surface area contributed by atoms with E-state index in [4.69, 9.17) is 4.74 Å². The summed E-state index contributed by atoms with van der Waals surface area (Å²) in [6.07, 6.45) is 8.75. The van der Waals surface area contributed by atoms with Crippen LogP contribution in [0.1, 0.15) is 49.4 Å². The maximum atomic E-state index is 12.7. The molecule has 3 rings (SSSR count). The number of aliphatic carboxylic acids is 1. The van der Waals surface area contributed by atoms with Crippen molar-refractivity contribution in [1.82, 2.24) is 0 Å². The van der Waals surface area contributed by atoms with Gasteiger partial charge in [0.05, 0.1) is 24.0 Å². The van der Waals surface area contributed by atoms with E-state index in [0.717, 1.165) is 32.1 Å². The van der Waals surface area contributed by atoms with Crippen molar-refractivity contribution in [2.45, 2.75) is 39.0 Å². The number of carbonyl (C=O) groups is 3. The standard InChI is InChI=1S/C22H27NO5/c1-2-3-4-5-12-28-22(27)14-8-10-17(11-9-14)23-20(24)18-15-6-7-16(13-15)19(18)21(25)26/h6-11,15-16,18-19H,2-5,12-13H2,1H3,(H,23,24)(H,25,26)/t15-,16-,18+,19-/m0/s1. The molecule has 0 heterocycles. The van der Waals surface area contributed by atoms with Crippen LogP contribution in [0, 0.1) is 23.7 Å². The lowest BCUT2D eigenvalue weighted by molar-refractivity contribution is -0.146. The van der Waals surface area contributed by atoms with E-state index in [0.29, 0.717) is 17.9 Å². The molecule has 0 unspecified atom stereocenters. The molecule has 28 heavy (non-hydrogen) atoms. The SMILES string of the molecule is CCCCCCOC(=O)c1ccc(NC(=O)[C@H]2[C@@H](C(=O)O)[C@H]3C=C[C@H]2C3)cc1. The van der Waals surface area contributed by atoms with Gasteiger partial charge in [0.15, 0.2) is 0 Å². The van der Waals surface area contributed by atoms with Crippen LogP contribution in [0.15, 0.2) is 36.4 Å². The Hall–Kier alpha value is -2.63. The summed E-state index contributed by atoms with van der Waals surface area (Å²) in [6, 6.07) is 6.51. The monoisotopic (exact) mass is 385 g/mol. The number of ether oxygens (including phenoxy) is 1. The van der Waals surface area contributed by atoms with E-state index >= 15 is 0 Å². The Labute approximate surface area is 165 Å². The van der Waals surface area contributed by atoms with Gasteiger partial charge < -0.3 is 15.2 Å². The van der Waals surface area contributed by atoms with E-state index in [-0.39, 0.29) is 23.7 Å². The Morgan fingerprint density at radius 2 is 1.71 bits per heavy atom. The second-order valence-corrected chi connectivity index (χ2v) is 7.60. The molecular formula is C22H27NO5. The van der Waals surface area contributed by atoms with Crippen LogP contribution in [0.2, 0.25) is 0 Å². The largest absolute Gasteiger partial charge is 0.481 e. The molecule has 150 valence electrons. The Balaban J connectivity index is 1.54. The lowest BCUT2D eigenvalue weighted by atomic mass is 9.82. The Bertz CT molecular complexity index is 755. The predicted octanol–water partition coefficient (Wildman–Crippen LogP) is 3.89. The summed E-state index contributed by atoms with van der Waals surface area (Å²) in [5.41, 5.74) is 0.972. The van der Waals surface area contributed by atoms with E-state index in [1.165, 1.54) is 0 Å². The number of carboxylic acid groups (broad SMARTS) is 1. The number of carbonyl (C=O) groups excluding carboxylic acids is 2. The Morgan fingerprint density at radius 3 is 2.36 bits per heavy atom. The molecule has 0 spiro atoms. The minimum Gasteiger partial charge on any atom is -0.481 e. The summed E-state index contributed by atoms with van der Waals surface area (Å²) >= 11 is 0. The van der Waals surface area contributed by atoms with Gasteiger partial charge in [-0.3, -0.25) is 9.59 Å². The second-order valence-electron chi connectivity index (χ2n) is 7.60. The fraction of sp³-hybridized carbons (Fsp3) is 0.500. The van der Waals surface area contributed by atoms with Gasteiger partial charge in [-0.05, 0) is 48.9 Å². The van der Waals surface area contributed by atoms with Crippen LogP contribution in [0.5, 0.6) is 0 Å². The van der Waals surface area contributed by atoms with Crippen molar-refractivity contribution in [2.75, 3.05) is 11.9 Å². The van der Waals surface area contributed by atoms with Crippen LogP contribution in [0.3, 0.4) is 0 Å². The number of nitrogens with one attached hydrogen (secondary N) is 1. The number of rotatable bonds is 9. The van der Waals surface area contributed by atoms with Crippen molar-refractivity contribution >= 4 is 23.5 Å². The lowest BCUT2D eigenvalue weighted by Gasteiger charge is -2.23. The molecule has 1 aromatic carbocycles. The molecule has 0 aliphatic heterocycles. The van der Waals surface area contributed by atoms with Crippen molar-refractivity contribution in [2.24, 2.45) is 23.7 Å². The number of unbranched alkanes of at least 4 members (excludes halogenated alkanes) is 3. The molecule has 2 aliphatic carbocycles. The van der Waals surface area contributed by atoms with Gasteiger partial charge >= 0.3 is 11.9 Å². The number of carboxylic acids is 1. The number of amides is 1. The van der Waals surface area contributed by atoms with Gasteiger partial charge in [-0.2, -0.15) is 0 Å². The third-order valence-corrected chi connectivity index (χ3v) is 5.67. The molecule has 4 atom stereocenters. The topological polar surface area (TPSA) is 92.7 Å². The van der Waals surface area contributed by atoms with E-state index in [1.807, 2.05) is 12.2 Å². The number of anilines is 1. The molecule has 6 heteroatoms. The van der Waals surface area contributed by atoms with Gasteiger partial charge in [0.1, 0.15) is 0 Å². The first-order valence-electron chi connectivity index (χ1n) is 10.0. The quantitative estimate of drug-likeness (QED) is 0.382. The molecule has 6 nitrogen and oxygen atoms in total. The van der Waals surface area contributed by atoms with Crippen LogP contribution in [0.25, 0.3) is 0 Å². The Morgan fingerprint density at radius 1 is 1.04 bits per heavy atom. The smallest absolute Gasteiger partial charge is 0.338 e. The van der Waals surface area contributed by atoms with Crippen molar-refractivity contribution in [3.63, 3.8) is 0 Å². The summed E-state index contributed by atoms with van der Waals surface area (Å²) < 4.78 is 5.25. The van der Waals surface area contributed by atoms with Crippen molar-refractivity contribution in [3.8, 4) is 0 Å². The lowest BCUT2D eigenvalue weighted by Crippen LogP contribution is -2.36. The zero-order valence-corrected chi connectivity index (χ0v) is 16.1. The maximum Gasteiger partial charge on any atom is 0.338 e. The summed E-state index contributed by atoms with van der Waals surface area (Å²) in [5, 5.41) is 12.3. The second kappa shape index (κ2) is 9.04. The average Bonchev–Trinajstić information content (AvgIpc) is 3.29. The molecule has 2 N–H and O–H groups in total. The van der Waals surface area contributed by atoms with Gasteiger partial charge in [0.2, 0.25) is 5.91 Å². The van der Waals surface area contributed by atoms with Crippen LogP contribution in [-0.2, 0) is 14.3 Å². The molecule has 1 amide bonds. The molecule has 1 fully saturated rings. The normalized spacial score (nSPS) is 24.9. The summed E-state index contributed by atoms with van der Waals surface area (Å²) in [6.45, 7) is 2.54. The minimum absolute atomic E-state index is 0.0203. The fourth-order valence-electron chi connectivity index (χ4n) is 4.21. The third kappa shape index (κ3) is 4.43. The van der Waals surface area contributed by atoms with Crippen LogP contribution in [-0.4, -0.2) is 29.6 Å². The molecule has 0 radical (unpaired) electrons. The zero-order chi connectivity index (χ0) is 20.1. The molecule has 2 bridgehead atoms. The number of benzene rings is 1. The number of fused-ring (bicyclic) bond motifs is 2. The maximum absolute atomic E-state index is 12.7. The first kappa shape index (κ1) is 20.1. The van der Waals surface area contributed by atoms with Gasteiger partial charge in [-0.25, -0.2) is 4.79 Å². The first-order valence-corrected chi connectivity index (χ1v) is 10.0. The highest BCUT2D eigenvalue weighted by Crippen LogP contribution is 2.48. The van der Waals surface area contributed by atoms with Gasteiger partial charge in [-0.1, -0.05) is 38.3 Å². The highest BCUT2D eigenvalue weighted by atomic mass is 16.5. The molecular weight excluding hydrogens is 358 g/mol. The van der Waals surface area contributed by atoms with Crippen molar-refractivity contribution in [3.05, 3.63) is 42.0 Å². The third-order valence-electron chi connectivity index (χ3n) is 5.67. The number of hydrogen-bond donors (Lipinski definition) is 2. The van der Waals surface area contributed by atoms with Crippen molar-refractivity contribution in [1.29, 1.82) is 0 Å². The van der Waals surface area contributed by atoms with Gasteiger partial charge in [0.25, 0.3) is 0 Å². The predicted molar refractivity (Wildman–Crippen MR) is 105 cm³/mol. The van der Waals surface area contributed by atoms with E-state index in [2.05, 4.69) is 12.2 Å².